The molecule has 0 aliphatic heterocycles. The van der Waals surface area contributed by atoms with E-state index in [1.165, 1.54) is 11.1 Å². The molecular formula is C13H15NO2S2. The molecule has 5 heteroatoms. The van der Waals surface area contributed by atoms with Gasteiger partial charge in [-0.3, -0.25) is 0 Å². The van der Waals surface area contributed by atoms with Crippen molar-refractivity contribution >= 4 is 21.2 Å². The molecule has 2 aromatic rings. The lowest BCUT2D eigenvalue weighted by Gasteiger charge is -2.00. The minimum atomic E-state index is -3.13. The van der Waals surface area contributed by atoms with Crippen molar-refractivity contribution in [1.82, 2.24) is 4.98 Å². The smallest absolute Gasteiger partial charge is 0.175 e. The highest BCUT2D eigenvalue weighted by Crippen LogP contribution is 2.29. The van der Waals surface area contributed by atoms with E-state index in [0.29, 0.717) is 10.8 Å². The van der Waals surface area contributed by atoms with Crippen molar-refractivity contribution in [2.45, 2.75) is 24.7 Å². The predicted molar refractivity (Wildman–Crippen MR) is 74.7 cm³/mol. The molecule has 18 heavy (non-hydrogen) atoms. The van der Waals surface area contributed by atoms with Gasteiger partial charge >= 0.3 is 0 Å². The Morgan fingerprint density at radius 3 is 2.22 bits per heavy atom. The van der Waals surface area contributed by atoms with Crippen molar-refractivity contribution in [3.8, 4) is 10.6 Å². The predicted octanol–water partition coefficient (Wildman–Crippen LogP) is 3.34. The van der Waals surface area contributed by atoms with Crippen molar-refractivity contribution < 1.29 is 8.42 Å². The van der Waals surface area contributed by atoms with Gasteiger partial charge in [0.2, 0.25) is 0 Å². The van der Waals surface area contributed by atoms with Gasteiger partial charge in [0, 0.05) is 22.9 Å². The maximum atomic E-state index is 11.4. The lowest BCUT2D eigenvalue weighted by Crippen LogP contribution is -1.96. The maximum Gasteiger partial charge on any atom is 0.175 e. The molecular weight excluding hydrogens is 266 g/mol. The van der Waals surface area contributed by atoms with Crippen molar-refractivity contribution in [2.24, 2.45) is 0 Å². The maximum absolute atomic E-state index is 11.4. The van der Waals surface area contributed by atoms with Gasteiger partial charge in [0.1, 0.15) is 5.01 Å². The Kier molecular flexibility index (Phi) is 3.54. The molecule has 0 aliphatic carbocycles. The second-order valence-electron chi connectivity index (χ2n) is 4.52. The standard InChI is InChI=1S/C13H15NO2S2/c1-9(2)12-8-14-13(17-12)10-4-6-11(7-5-10)18(3,15)16/h4-9H,1-3H3. The summed E-state index contributed by atoms with van der Waals surface area (Å²) >= 11 is 1.65. The zero-order valence-electron chi connectivity index (χ0n) is 10.5. The largest absolute Gasteiger partial charge is 0.244 e. The van der Waals surface area contributed by atoms with Crippen LogP contribution in [0, 0.1) is 0 Å². The summed E-state index contributed by atoms with van der Waals surface area (Å²) in [5.74, 6) is 0.464. The van der Waals surface area contributed by atoms with Crippen molar-refractivity contribution in [3.05, 3.63) is 35.3 Å². The summed E-state index contributed by atoms with van der Waals surface area (Å²) in [7, 11) is -3.13. The number of nitrogens with zero attached hydrogens (tertiary/aromatic N) is 1. The van der Waals surface area contributed by atoms with E-state index in [1.54, 1.807) is 35.6 Å². The Morgan fingerprint density at radius 2 is 1.78 bits per heavy atom. The summed E-state index contributed by atoms with van der Waals surface area (Å²) in [5, 5.41) is 0.929. The van der Waals surface area contributed by atoms with E-state index in [1.807, 2.05) is 6.20 Å². The first-order valence-electron chi connectivity index (χ1n) is 5.64. The first kappa shape index (κ1) is 13.2. The number of benzene rings is 1. The van der Waals surface area contributed by atoms with Crippen molar-refractivity contribution in [3.63, 3.8) is 0 Å². The lowest BCUT2D eigenvalue weighted by molar-refractivity contribution is 0.602. The van der Waals surface area contributed by atoms with E-state index in [2.05, 4.69) is 18.8 Å². The molecule has 0 atom stereocenters. The van der Waals surface area contributed by atoms with Gasteiger partial charge in [-0.2, -0.15) is 0 Å². The van der Waals surface area contributed by atoms with Gasteiger partial charge in [0.25, 0.3) is 0 Å². The number of hydrogen-bond donors (Lipinski definition) is 0. The van der Waals surface area contributed by atoms with Crippen LogP contribution in [-0.4, -0.2) is 19.7 Å². The Morgan fingerprint density at radius 1 is 1.17 bits per heavy atom. The Hall–Kier alpha value is -1.20. The molecule has 0 unspecified atom stereocenters. The van der Waals surface area contributed by atoms with Gasteiger partial charge in [0.15, 0.2) is 9.84 Å². The van der Waals surface area contributed by atoms with Gasteiger partial charge in [-0.15, -0.1) is 11.3 Å². The highest BCUT2D eigenvalue weighted by Gasteiger charge is 2.10. The van der Waals surface area contributed by atoms with Crippen LogP contribution in [0.3, 0.4) is 0 Å². The SMILES string of the molecule is CC(C)c1cnc(-c2ccc(S(C)(=O)=O)cc2)s1. The van der Waals surface area contributed by atoms with Crippen molar-refractivity contribution in [1.29, 1.82) is 0 Å². The Balaban J connectivity index is 2.34. The van der Waals surface area contributed by atoms with Crippen LogP contribution in [0.5, 0.6) is 0 Å². The molecule has 0 aliphatic rings. The van der Waals surface area contributed by atoms with E-state index in [-0.39, 0.29) is 0 Å². The van der Waals surface area contributed by atoms with Crippen LogP contribution in [0.2, 0.25) is 0 Å². The van der Waals surface area contributed by atoms with Crippen molar-refractivity contribution in [2.75, 3.05) is 6.26 Å². The highest BCUT2D eigenvalue weighted by molar-refractivity contribution is 7.90. The molecule has 2 rings (SSSR count). The molecule has 0 radical (unpaired) electrons. The third-order valence-electron chi connectivity index (χ3n) is 2.62. The molecule has 3 nitrogen and oxygen atoms in total. The second-order valence-corrected chi connectivity index (χ2v) is 7.60. The van der Waals surface area contributed by atoms with E-state index in [9.17, 15) is 8.42 Å². The third kappa shape index (κ3) is 2.79. The average Bonchev–Trinajstić information content (AvgIpc) is 2.77. The fraction of sp³-hybridized carbons (Fsp3) is 0.308. The highest BCUT2D eigenvalue weighted by atomic mass is 32.2. The Labute approximate surface area is 111 Å². The minimum absolute atomic E-state index is 0.340. The van der Waals surface area contributed by atoms with Crippen LogP contribution in [-0.2, 0) is 9.84 Å². The molecule has 0 bridgehead atoms. The van der Waals surface area contributed by atoms with Crippen LogP contribution in [0.4, 0.5) is 0 Å². The van der Waals surface area contributed by atoms with Crippen LogP contribution >= 0.6 is 11.3 Å². The summed E-state index contributed by atoms with van der Waals surface area (Å²) in [5.41, 5.74) is 0.958. The average molecular weight is 281 g/mol. The zero-order valence-corrected chi connectivity index (χ0v) is 12.2. The summed E-state index contributed by atoms with van der Waals surface area (Å²) < 4.78 is 22.7. The molecule has 0 spiro atoms. The molecule has 0 saturated heterocycles. The summed E-state index contributed by atoms with van der Waals surface area (Å²) in [6.07, 6.45) is 3.09. The van der Waals surface area contributed by atoms with E-state index >= 15 is 0 Å². The van der Waals surface area contributed by atoms with E-state index < -0.39 is 9.84 Å². The van der Waals surface area contributed by atoms with E-state index in [0.717, 1.165) is 10.6 Å². The molecule has 1 heterocycles. The monoisotopic (exact) mass is 281 g/mol. The number of hydrogen-bond acceptors (Lipinski definition) is 4. The van der Waals surface area contributed by atoms with Gasteiger partial charge in [-0.25, -0.2) is 13.4 Å². The number of rotatable bonds is 3. The number of sulfone groups is 1. The fourth-order valence-corrected chi connectivity index (χ4v) is 3.09. The molecule has 0 amide bonds. The molecule has 0 fully saturated rings. The van der Waals surface area contributed by atoms with Gasteiger partial charge in [-0.1, -0.05) is 26.0 Å². The van der Waals surface area contributed by atoms with Crippen LogP contribution in [0.1, 0.15) is 24.6 Å². The molecule has 0 N–H and O–H groups in total. The van der Waals surface area contributed by atoms with Crippen LogP contribution < -0.4 is 0 Å². The molecule has 0 saturated carbocycles. The Bertz CT molecular complexity index is 640. The minimum Gasteiger partial charge on any atom is -0.244 e. The third-order valence-corrected chi connectivity index (χ3v) is 5.10. The second kappa shape index (κ2) is 4.82. The van der Waals surface area contributed by atoms with Gasteiger partial charge < -0.3 is 0 Å². The van der Waals surface area contributed by atoms with Gasteiger partial charge in [-0.05, 0) is 18.1 Å². The topological polar surface area (TPSA) is 47.0 Å². The number of aromatic nitrogens is 1. The first-order chi connectivity index (χ1) is 8.38. The number of thiazole rings is 1. The van der Waals surface area contributed by atoms with Crippen LogP contribution in [0.15, 0.2) is 35.4 Å². The zero-order chi connectivity index (χ0) is 13.3. The fourth-order valence-electron chi connectivity index (χ4n) is 1.53. The first-order valence-corrected chi connectivity index (χ1v) is 8.35. The van der Waals surface area contributed by atoms with Gasteiger partial charge in [0.05, 0.1) is 4.90 Å². The molecule has 1 aromatic heterocycles. The van der Waals surface area contributed by atoms with E-state index in [4.69, 9.17) is 0 Å². The summed E-state index contributed by atoms with van der Waals surface area (Å²) in [4.78, 5) is 5.94. The lowest BCUT2D eigenvalue weighted by atomic mass is 10.2. The quantitative estimate of drug-likeness (QED) is 0.867. The summed E-state index contributed by atoms with van der Waals surface area (Å²) in [6.45, 7) is 4.26. The summed E-state index contributed by atoms with van der Waals surface area (Å²) in [6, 6.07) is 6.86. The normalized spacial score (nSPS) is 12.0. The van der Waals surface area contributed by atoms with Crippen LogP contribution in [0.25, 0.3) is 10.6 Å². The molecule has 1 aromatic carbocycles. The molecule has 96 valence electrons.